The molecule has 2 aromatic carbocycles. The summed E-state index contributed by atoms with van der Waals surface area (Å²) in [4.78, 5) is 29.4. The third kappa shape index (κ3) is 4.73. The monoisotopic (exact) mass is 385 g/mol. The largest absolute Gasteiger partial charge is 0.484 e. The Labute approximate surface area is 159 Å². The number of halogens is 1. The van der Waals surface area contributed by atoms with Gasteiger partial charge >= 0.3 is 0 Å². The van der Waals surface area contributed by atoms with Crippen LogP contribution in [0.5, 0.6) is 5.75 Å². The van der Waals surface area contributed by atoms with Crippen molar-refractivity contribution in [2.45, 2.75) is 0 Å². The zero-order valence-electron chi connectivity index (χ0n) is 14.4. The smallest absolute Gasteiger partial charge is 0.266 e. The van der Waals surface area contributed by atoms with Crippen molar-refractivity contribution in [3.05, 3.63) is 64.8 Å². The second kappa shape index (κ2) is 8.05. The first-order chi connectivity index (χ1) is 12.9. The molecule has 6 nitrogen and oxygen atoms in total. The number of thioether (sulfide) groups is 1. The van der Waals surface area contributed by atoms with Crippen molar-refractivity contribution in [1.82, 2.24) is 4.90 Å². The van der Waals surface area contributed by atoms with Gasteiger partial charge in [0.25, 0.3) is 11.8 Å². The van der Waals surface area contributed by atoms with Crippen LogP contribution in [0.25, 0.3) is 6.08 Å². The number of hydrogen-bond acceptors (Lipinski definition) is 5. The summed E-state index contributed by atoms with van der Waals surface area (Å²) in [5, 5.41) is 0.471. The number of amidine groups is 1. The maximum atomic E-state index is 13.3. The molecule has 0 aliphatic carbocycles. The molecule has 1 heterocycles. The number of primary amides is 1. The molecule has 138 valence electrons. The maximum absolute atomic E-state index is 13.3. The number of likely N-dealkylation sites (N-methyl/N-ethyl adjacent to an activating group) is 1. The molecule has 8 heteroatoms. The lowest BCUT2D eigenvalue weighted by Crippen LogP contribution is -2.23. The van der Waals surface area contributed by atoms with Gasteiger partial charge in [-0.05, 0) is 53.7 Å². The van der Waals surface area contributed by atoms with E-state index in [0.717, 1.165) is 5.56 Å². The van der Waals surface area contributed by atoms with Gasteiger partial charge in [-0.1, -0.05) is 18.2 Å². The first kappa shape index (κ1) is 18.7. The van der Waals surface area contributed by atoms with Crippen LogP contribution in [-0.2, 0) is 9.59 Å². The van der Waals surface area contributed by atoms with E-state index in [4.69, 9.17) is 10.5 Å². The molecule has 1 saturated heterocycles. The topological polar surface area (TPSA) is 85.0 Å². The Kier molecular flexibility index (Phi) is 5.56. The molecule has 2 amide bonds. The van der Waals surface area contributed by atoms with Crippen LogP contribution < -0.4 is 10.5 Å². The number of amides is 2. The Morgan fingerprint density at radius 3 is 2.70 bits per heavy atom. The van der Waals surface area contributed by atoms with Gasteiger partial charge < -0.3 is 10.5 Å². The lowest BCUT2D eigenvalue weighted by molar-refractivity contribution is -0.121. The number of carbonyl (C=O) groups is 2. The third-order valence-electron chi connectivity index (χ3n) is 3.60. The van der Waals surface area contributed by atoms with Crippen LogP contribution in [0.15, 0.2) is 58.4 Å². The number of rotatable bonds is 5. The Morgan fingerprint density at radius 1 is 1.30 bits per heavy atom. The molecule has 0 saturated carbocycles. The molecule has 2 N–H and O–H groups in total. The summed E-state index contributed by atoms with van der Waals surface area (Å²) < 4.78 is 18.5. The predicted molar refractivity (Wildman–Crippen MR) is 103 cm³/mol. The van der Waals surface area contributed by atoms with Gasteiger partial charge in [0.05, 0.1) is 10.6 Å². The molecule has 0 bridgehead atoms. The number of benzene rings is 2. The van der Waals surface area contributed by atoms with E-state index in [1.807, 2.05) is 0 Å². The number of aliphatic imine (C=N–C) groups is 1. The van der Waals surface area contributed by atoms with E-state index in [9.17, 15) is 14.0 Å². The highest BCUT2D eigenvalue weighted by atomic mass is 32.2. The zero-order chi connectivity index (χ0) is 19.4. The molecule has 3 rings (SSSR count). The van der Waals surface area contributed by atoms with Crippen LogP contribution in [-0.4, -0.2) is 35.5 Å². The maximum Gasteiger partial charge on any atom is 0.266 e. The van der Waals surface area contributed by atoms with Gasteiger partial charge in [-0.25, -0.2) is 9.38 Å². The summed E-state index contributed by atoms with van der Waals surface area (Å²) in [6.45, 7) is -0.195. The van der Waals surface area contributed by atoms with Crippen molar-refractivity contribution in [2.75, 3.05) is 13.7 Å². The summed E-state index contributed by atoms with van der Waals surface area (Å²) in [5.41, 5.74) is 6.26. The van der Waals surface area contributed by atoms with Crippen molar-refractivity contribution in [1.29, 1.82) is 0 Å². The van der Waals surface area contributed by atoms with E-state index in [1.54, 1.807) is 49.5 Å². The molecule has 0 unspecified atom stereocenters. The van der Waals surface area contributed by atoms with Gasteiger partial charge in [-0.2, -0.15) is 0 Å². The highest BCUT2D eigenvalue weighted by molar-refractivity contribution is 8.18. The van der Waals surface area contributed by atoms with Gasteiger partial charge in [0, 0.05) is 7.05 Å². The SMILES string of the molecule is CN1C(=O)/C(=C/c2ccc(OCC(N)=O)cc2)SC1=Nc1cccc(F)c1. The molecule has 0 spiro atoms. The summed E-state index contributed by atoms with van der Waals surface area (Å²) >= 11 is 1.21. The second-order valence-electron chi connectivity index (χ2n) is 5.67. The standard InChI is InChI=1S/C19H16FN3O3S/c1-23-18(25)16(27-19(23)22-14-4-2-3-13(20)10-14)9-12-5-7-15(8-6-12)26-11-17(21)24/h2-10H,11H2,1H3,(H2,21,24)/b16-9-,22-19?. The molecule has 1 fully saturated rings. The highest BCUT2D eigenvalue weighted by Crippen LogP contribution is 2.33. The van der Waals surface area contributed by atoms with E-state index in [2.05, 4.69) is 4.99 Å². The number of hydrogen-bond donors (Lipinski definition) is 1. The molecule has 1 aliphatic rings. The Morgan fingerprint density at radius 2 is 2.04 bits per heavy atom. The van der Waals surface area contributed by atoms with Crippen molar-refractivity contribution in [2.24, 2.45) is 10.7 Å². The fraction of sp³-hybridized carbons (Fsp3) is 0.105. The lowest BCUT2D eigenvalue weighted by Gasteiger charge is -2.07. The number of carbonyl (C=O) groups excluding carboxylic acids is 2. The third-order valence-corrected chi connectivity index (χ3v) is 4.66. The van der Waals surface area contributed by atoms with Crippen LogP contribution in [0, 0.1) is 5.82 Å². The molecular weight excluding hydrogens is 369 g/mol. The molecular formula is C19H16FN3O3S. The molecule has 0 atom stereocenters. The van der Waals surface area contributed by atoms with Gasteiger partial charge in [0.2, 0.25) is 0 Å². The fourth-order valence-electron chi connectivity index (χ4n) is 2.27. The van der Waals surface area contributed by atoms with Crippen molar-refractivity contribution < 1.29 is 18.7 Å². The van der Waals surface area contributed by atoms with E-state index in [1.165, 1.54) is 28.8 Å². The molecule has 1 aliphatic heterocycles. The minimum atomic E-state index is -0.553. The molecule has 2 aromatic rings. The van der Waals surface area contributed by atoms with Gasteiger partial charge in [0.1, 0.15) is 11.6 Å². The van der Waals surface area contributed by atoms with Crippen LogP contribution in [0.4, 0.5) is 10.1 Å². The van der Waals surface area contributed by atoms with Crippen LogP contribution >= 0.6 is 11.8 Å². The summed E-state index contributed by atoms with van der Waals surface area (Å²) in [6, 6.07) is 12.8. The first-order valence-corrected chi connectivity index (χ1v) is 8.77. The van der Waals surface area contributed by atoms with E-state index < -0.39 is 5.91 Å². The van der Waals surface area contributed by atoms with Gasteiger partial charge in [-0.15, -0.1) is 0 Å². The minimum absolute atomic E-state index is 0.191. The Hall–Kier alpha value is -3.13. The van der Waals surface area contributed by atoms with E-state index >= 15 is 0 Å². The molecule has 27 heavy (non-hydrogen) atoms. The van der Waals surface area contributed by atoms with Crippen LogP contribution in [0.2, 0.25) is 0 Å². The van der Waals surface area contributed by atoms with Crippen molar-refractivity contribution >= 4 is 40.5 Å². The minimum Gasteiger partial charge on any atom is -0.484 e. The summed E-state index contributed by atoms with van der Waals surface area (Å²) in [5.74, 6) is -0.624. The van der Waals surface area contributed by atoms with Crippen molar-refractivity contribution in [3.8, 4) is 5.75 Å². The second-order valence-corrected chi connectivity index (χ2v) is 6.68. The highest BCUT2D eigenvalue weighted by Gasteiger charge is 2.30. The summed E-state index contributed by atoms with van der Waals surface area (Å²) in [6.07, 6.45) is 1.73. The average molecular weight is 385 g/mol. The van der Waals surface area contributed by atoms with Gasteiger partial charge in [-0.3, -0.25) is 14.5 Å². The Balaban J connectivity index is 1.77. The van der Waals surface area contributed by atoms with Gasteiger partial charge in [0.15, 0.2) is 11.8 Å². The van der Waals surface area contributed by atoms with Crippen LogP contribution in [0.1, 0.15) is 5.56 Å². The Bertz CT molecular complexity index is 941. The first-order valence-electron chi connectivity index (χ1n) is 7.95. The molecule has 0 radical (unpaired) electrons. The number of ether oxygens (including phenoxy) is 1. The summed E-state index contributed by atoms with van der Waals surface area (Å²) in [7, 11) is 1.62. The van der Waals surface area contributed by atoms with E-state index in [0.29, 0.717) is 21.5 Å². The van der Waals surface area contributed by atoms with Crippen molar-refractivity contribution in [3.63, 3.8) is 0 Å². The van der Waals surface area contributed by atoms with Crippen LogP contribution in [0.3, 0.4) is 0 Å². The molecule has 0 aromatic heterocycles. The lowest BCUT2D eigenvalue weighted by atomic mass is 10.2. The fourth-order valence-corrected chi connectivity index (χ4v) is 3.26. The number of nitrogens with zero attached hydrogens (tertiary/aromatic N) is 2. The average Bonchev–Trinajstić information content (AvgIpc) is 2.89. The zero-order valence-corrected chi connectivity index (χ0v) is 15.2. The quantitative estimate of drug-likeness (QED) is 0.802. The van der Waals surface area contributed by atoms with E-state index in [-0.39, 0.29) is 18.3 Å². The predicted octanol–water partition coefficient (Wildman–Crippen LogP) is 2.92. The normalized spacial score (nSPS) is 17.0. The number of nitrogens with two attached hydrogens (primary N) is 1.